The fraction of sp³-hybridized carbons (Fsp3) is 0.462. The third-order valence-electron chi connectivity index (χ3n) is 2.51. The van der Waals surface area contributed by atoms with E-state index in [1.165, 1.54) is 19.1 Å². The highest BCUT2D eigenvalue weighted by molar-refractivity contribution is 7.99. The third-order valence-corrected chi connectivity index (χ3v) is 3.54. The Morgan fingerprint density at radius 2 is 2.11 bits per heavy atom. The van der Waals surface area contributed by atoms with Crippen molar-refractivity contribution in [3.05, 3.63) is 33.9 Å². The lowest BCUT2D eigenvalue weighted by atomic mass is 10.1. The molecular formula is C13H17NO3S. The van der Waals surface area contributed by atoms with Gasteiger partial charge in [-0.2, -0.15) is 0 Å². The molecule has 0 amide bonds. The standard InChI is InChI=1S/C13H17NO3S/c1-9(2)6-7-18-11-4-5-12(10(3)15)13(8-11)14(16)17/h4-5,8-9H,6-7H2,1-3H3. The zero-order chi connectivity index (χ0) is 13.7. The molecule has 0 aliphatic rings. The van der Waals surface area contributed by atoms with Crippen molar-refractivity contribution in [3.63, 3.8) is 0 Å². The maximum absolute atomic E-state index is 11.3. The van der Waals surface area contributed by atoms with Gasteiger partial charge in [0.2, 0.25) is 0 Å². The first kappa shape index (κ1) is 14.7. The van der Waals surface area contributed by atoms with Crippen molar-refractivity contribution in [2.45, 2.75) is 32.1 Å². The number of nitro benzene ring substituents is 1. The van der Waals surface area contributed by atoms with Gasteiger partial charge >= 0.3 is 0 Å². The summed E-state index contributed by atoms with van der Waals surface area (Å²) in [5, 5.41) is 10.9. The van der Waals surface area contributed by atoms with E-state index >= 15 is 0 Å². The SMILES string of the molecule is CC(=O)c1ccc(SCCC(C)C)cc1[N+](=O)[O-]. The van der Waals surface area contributed by atoms with Gasteiger partial charge in [-0.05, 0) is 37.1 Å². The summed E-state index contributed by atoms with van der Waals surface area (Å²) in [5.41, 5.74) is 0.0743. The molecule has 18 heavy (non-hydrogen) atoms. The fourth-order valence-electron chi connectivity index (χ4n) is 1.46. The van der Waals surface area contributed by atoms with E-state index in [0.29, 0.717) is 5.92 Å². The van der Waals surface area contributed by atoms with E-state index in [1.807, 2.05) is 0 Å². The minimum absolute atomic E-state index is 0.1000. The zero-order valence-electron chi connectivity index (χ0n) is 10.8. The van der Waals surface area contributed by atoms with E-state index in [-0.39, 0.29) is 17.0 Å². The average Bonchev–Trinajstić information content (AvgIpc) is 2.28. The Kier molecular flexibility index (Phi) is 5.34. The Morgan fingerprint density at radius 3 is 2.61 bits per heavy atom. The van der Waals surface area contributed by atoms with E-state index in [1.54, 1.807) is 17.8 Å². The Balaban J connectivity index is 2.87. The molecule has 0 aromatic heterocycles. The van der Waals surface area contributed by atoms with E-state index in [2.05, 4.69) is 13.8 Å². The third kappa shape index (κ3) is 4.14. The molecule has 0 aliphatic heterocycles. The van der Waals surface area contributed by atoms with Gasteiger partial charge in [-0.15, -0.1) is 11.8 Å². The number of ketones is 1. The Labute approximate surface area is 111 Å². The quantitative estimate of drug-likeness (QED) is 0.339. The van der Waals surface area contributed by atoms with Crippen LogP contribution in [0.2, 0.25) is 0 Å². The van der Waals surface area contributed by atoms with Gasteiger partial charge in [0.05, 0.1) is 10.5 Å². The van der Waals surface area contributed by atoms with Crippen LogP contribution in [0.1, 0.15) is 37.6 Å². The first-order valence-corrected chi connectivity index (χ1v) is 6.82. The molecule has 0 aliphatic carbocycles. The molecule has 5 heteroatoms. The summed E-state index contributed by atoms with van der Waals surface area (Å²) in [6.07, 6.45) is 1.06. The number of benzene rings is 1. The molecule has 0 spiro atoms. The monoisotopic (exact) mass is 267 g/mol. The van der Waals surface area contributed by atoms with Crippen molar-refractivity contribution in [2.75, 3.05) is 5.75 Å². The number of thioether (sulfide) groups is 1. The van der Waals surface area contributed by atoms with Crippen LogP contribution in [0.3, 0.4) is 0 Å². The minimum atomic E-state index is -0.497. The summed E-state index contributed by atoms with van der Waals surface area (Å²) in [6, 6.07) is 4.80. The van der Waals surface area contributed by atoms with Gasteiger partial charge in [0.25, 0.3) is 5.69 Å². The van der Waals surface area contributed by atoms with E-state index in [0.717, 1.165) is 17.1 Å². The minimum Gasteiger partial charge on any atom is -0.294 e. The summed E-state index contributed by atoms with van der Waals surface area (Å²) >= 11 is 1.58. The van der Waals surface area contributed by atoms with Gasteiger partial charge in [-0.3, -0.25) is 14.9 Å². The molecular weight excluding hydrogens is 250 g/mol. The normalized spacial score (nSPS) is 10.7. The highest BCUT2D eigenvalue weighted by Crippen LogP contribution is 2.27. The van der Waals surface area contributed by atoms with Gasteiger partial charge in [0, 0.05) is 11.0 Å². The molecule has 1 rings (SSSR count). The van der Waals surface area contributed by atoms with E-state index < -0.39 is 4.92 Å². The number of rotatable bonds is 6. The van der Waals surface area contributed by atoms with Crippen molar-refractivity contribution in [1.29, 1.82) is 0 Å². The second-order valence-corrected chi connectivity index (χ2v) is 5.69. The summed E-state index contributed by atoms with van der Waals surface area (Å²) in [6.45, 7) is 5.62. The van der Waals surface area contributed by atoms with Gasteiger partial charge in [-0.25, -0.2) is 0 Å². The van der Waals surface area contributed by atoms with Gasteiger partial charge < -0.3 is 0 Å². The van der Waals surface area contributed by atoms with Crippen molar-refractivity contribution in [3.8, 4) is 0 Å². The van der Waals surface area contributed by atoms with Gasteiger partial charge in [0.15, 0.2) is 5.78 Å². The van der Waals surface area contributed by atoms with Crippen LogP contribution in [0.15, 0.2) is 23.1 Å². The number of hydrogen-bond acceptors (Lipinski definition) is 4. The second kappa shape index (κ2) is 6.54. The molecule has 0 atom stereocenters. The van der Waals surface area contributed by atoms with Crippen molar-refractivity contribution >= 4 is 23.2 Å². The average molecular weight is 267 g/mol. The summed E-state index contributed by atoms with van der Waals surface area (Å²) < 4.78 is 0. The molecule has 0 bridgehead atoms. The lowest BCUT2D eigenvalue weighted by Gasteiger charge is -2.05. The molecule has 0 radical (unpaired) electrons. The van der Waals surface area contributed by atoms with Crippen molar-refractivity contribution in [2.24, 2.45) is 5.92 Å². The van der Waals surface area contributed by atoms with Crippen LogP contribution >= 0.6 is 11.8 Å². The summed E-state index contributed by atoms with van der Waals surface area (Å²) in [4.78, 5) is 22.5. The topological polar surface area (TPSA) is 60.2 Å². The smallest absolute Gasteiger partial charge is 0.281 e. The largest absolute Gasteiger partial charge is 0.294 e. The molecule has 1 aromatic carbocycles. The maximum Gasteiger partial charge on any atom is 0.281 e. The number of hydrogen-bond donors (Lipinski definition) is 0. The van der Waals surface area contributed by atoms with Crippen LogP contribution in [0.25, 0.3) is 0 Å². The summed E-state index contributed by atoms with van der Waals surface area (Å²) in [7, 11) is 0. The number of nitrogens with zero attached hydrogens (tertiary/aromatic N) is 1. The Bertz CT molecular complexity index is 458. The predicted octanol–water partition coefficient (Wildman–Crippen LogP) is 3.94. The first-order chi connectivity index (χ1) is 8.41. The molecule has 98 valence electrons. The first-order valence-electron chi connectivity index (χ1n) is 5.84. The number of carbonyl (C=O) groups is 1. The van der Waals surface area contributed by atoms with Crippen molar-refractivity contribution in [1.82, 2.24) is 0 Å². The maximum atomic E-state index is 11.3. The van der Waals surface area contributed by atoms with Gasteiger partial charge in [-0.1, -0.05) is 13.8 Å². The fourth-order valence-corrected chi connectivity index (χ4v) is 2.65. The van der Waals surface area contributed by atoms with E-state index in [4.69, 9.17) is 0 Å². The molecule has 0 fully saturated rings. The van der Waals surface area contributed by atoms with Crippen LogP contribution in [-0.2, 0) is 0 Å². The summed E-state index contributed by atoms with van der Waals surface area (Å²) in [5.74, 6) is 1.26. The highest BCUT2D eigenvalue weighted by atomic mass is 32.2. The zero-order valence-corrected chi connectivity index (χ0v) is 11.6. The molecule has 0 unspecified atom stereocenters. The molecule has 1 aromatic rings. The van der Waals surface area contributed by atoms with E-state index in [9.17, 15) is 14.9 Å². The molecule has 0 heterocycles. The molecule has 4 nitrogen and oxygen atoms in total. The number of nitro groups is 1. The molecule has 0 saturated heterocycles. The predicted molar refractivity (Wildman–Crippen MR) is 73.3 cm³/mol. The molecule has 0 saturated carbocycles. The van der Waals surface area contributed by atoms with Gasteiger partial charge in [0.1, 0.15) is 0 Å². The lowest BCUT2D eigenvalue weighted by Crippen LogP contribution is -2.00. The Hall–Kier alpha value is -1.36. The number of Topliss-reactive ketones (excluding diaryl/α,β-unsaturated/α-hetero) is 1. The number of carbonyl (C=O) groups excluding carboxylic acids is 1. The van der Waals surface area contributed by atoms with Crippen LogP contribution in [0, 0.1) is 16.0 Å². The highest BCUT2D eigenvalue weighted by Gasteiger charge is 2.17. The van der Waals surface area contributed by atoms with Crippen LogP contribution in [0.5, 0.6) is 0 Å². The molecule has 0 N–H and O–H groups in total. The second-order valence-electron chi connectivity index (χ2n) is 4.52. The van der Waals surface area contributed by atoms with Crippen LogP contribution in [0.4, 0.5) is 5.69 Å². The Morgan fingerprint density at radius 1 is 1.44 bits per heavy atom. The van der Waals surface area contributed by atoms with Crippen LogP contribution in [-0.4, -0.2) is 16.5 Å². The van der Waals surface area contributed by atoms with Crippen molar-refractivity contribution < 1.29 is 9.72 Å². The lowest BCUT2D eigenvalue weighted by molar-refractivity contribution is -0.385. The van der Waals surface area contributed by atoms with Crippen LogP contribution < -0.4 is 0 Å².